The molecule has 1 saturated carbocycles. The van der Waals surface area contributed by atoms with Crippen LogP contribution in [-0.2, 0) is 4.79 Å². The average Bonchev–Trinajstić information content (AvgIpc) is 3.05. The lowest BCUT2D eigenvalue weighted by molar-refractivity contribution is -0.122. The number of nitrogens with one attached hydrogen (secondary N) is 1. The molecule has 0 unspecified atom stereocenters. The van der Waals surface area contributed by atoms with Gasteiger partial charge in [0.25, 0.3) is 0 Å². The van der Waals surface area contributed by atoms with Crippen molar-refractivity contribution in [3.05, 3.63) is 30.1 Å². The van der Waals surface area contributed by atoms with Crippen LogP contribution in [-0.4, -0.2) is 42.5 Å². The highest BCUT2D eigenvalue weighted by atomic mass is 19.1. The van der Waals surface area contributed by atoms with E-state index in [-0.39, 0.29) is 30.3 Å². The molecule has 1 heterocycles. The fraction of sp³-hybridized carbons (Fsp3) is 0.652. The molecule has 1 aromatic carbocycles. The van der Waals surface area contributed by atoms with E-state index in [1.807, 2.05) is 0 Å². The van der Waals surface area contributed by atoms with Gasteiger partial charge in [0, 0.05) is 24.8 Å². The first-order valence-corrected chi connectivity index (χ1v) is 11.2. The summed E-state index contributed by atoms with van der Waals surface area (Å²) in [6.45, 7) is 1.11. The second-order valence-electron chi connectivity index (χ2n) is 8.36. The molecule has 2 fully saturated rings. The van der Waals surface area contributed by atoms with Gasteiger partial charge in [0.15, 0.2) is 0 Å². The minimum atomic E-state index is -0.325. The molecule has 0 atom stereocenters. The normalized spacial score (nSPS) is 20.2. The van der Waals surface area contributed by atoms with E-state index in [1.54, 1.807) is 21.9 Å². The fourth-order valence-corrected chi connectivity index (χ4v) is 4.34. The summed E-state index contributed by atoms with van der Waals surface area (Å²) < 4.78 is 13.1. The Labute approximate surface area is 173 Å². The second kappa shape index (κ2) is 11.2. The van der Waals surface area contributed by atoms with Crippen LogP contribution in [0.1, 0.15) is 70.6 Å². The minimum Gasteiger partial charge on any atom is -0.352 e. The molecule has 1 aromatic rings. The maximum Gasteiger partial charge on any atom is 0.325 e. The number of benzene rings is 1. The van der Waals surface area contributed by atoms with Crippen LogP contribution in [0.5, 0.6) is 0 Å². The van der Waals surface area contributed by atoms with E-state index >= 15 is 0 Å². The molecule has 1 aliphatic heterocycles. The maximum absolute atomic E-state index is 13.1. The zero-order valence-corrected chi connectivity index (χ0v) is 17.4. The van der Waals surface area contributed by atoms with Crippen molar-refractivity contribution in [2.45, 2.75) is 76.7 Å². The predicted octanol–water partition coefficient (Wildman–Crippen LogP) is 4.86. The van der Waals surface area contributed by atoms with Crippen molar-refractivity contribution in [2.75, 3.05) is 24.5 Å². The van der Waals surface area contributed by atoms with Gasteiger partial charge >= 0.3 is 6.03 Å². The summed E-state index contributed by atoms with van der Waals surface area (Å²) in [6, 6.07) is 5.92. The third-order valence-corrected chi connectivity index (χ3v) is 6.04. The lowest BCUT2D eigenvalue weighted by Crippen LogP contribution is -2.43. The van der Waals surface area contributed by atoms with Crippen molar-refractivity contribution >= 4 is 17.6 Å². The number of urea groups is 1. The number of nitrogens with zero attached hydrogens (tertiary/aromatic N) is 2. The van der Waals surface area contributed by atoms with Gasteiger partial charge in [0.1, 0.15) is 12.4 Å². The summed E-state index contributed by atoms with van der Waals surface area (Å²) in [6.07, 6.45) is 13.5. The third-order valence-electron chi connectivity index (χ3n) is 6.04. The first-order valence-electron chi connectivity index (χ1n) is 11.2. The summed E-state index contributed by atoms with van der Waals surface area (Å²) >= 11 is 0. The van der Waals surface area contributed by atoms with E-state index in [9.17, 15) is 14.0 Å². The molecule has 3 amide bonds. The Morgan fingerprint density at radius 2 is 1.45 bits per heavy atom. The lowest BCUT2D eigenvalue weighted by atomic mass is 9.98. The van der Waals surface area contributed by atoms with Crippen LogP contribution in [0, 0.1) is 5.82 Å². The second-order valence-corrected chi connectivity index (χ2v) is 8.36. The molecular formula is C23H34FN3O2. The molecule has 1 N–H and O–H groups in total. The van der Waals surface area contributed by atoms with Gasteiger partial charge in [-0.2, -0.15) is 0 Å². The number of amides is 3. The molecule has 29 heavy (non-hydrogen) atoms. The van der Waals surface area contributed by atoms with E-state index in [4.69, 9.17) is 0 Å². The zero-order valence-electron chi connectivity index (χ0n) is 17.4. The molecule has 2 aliphatic rings. The van der Waals surface area contributed by atoms with Crippen LogP contribution in [0.4, 0.5) is 14.9 Å². The van der Waals surface area contributed by atoms with Gasteiger partial charge < -0.3 is 10.2 Å². The Morgan fingerprint density at radius 3 is 2.03 bits per heavy atom. The van der Waals surface area contributed by atoms with Crippen molar-refractivity contribution in [1.29, 1.82) is 0 Å². The average molecular weight is 404 g/mol. The number of hydrogen-bond acceptors (Lipinski definition) is 2. The molecular weight excluding hydrogens is 369 g/mol. The van der Waals surface area contributed by atoms with Gasteiger partial charge in [0.2, 0.25) is 5.91 Å². The standard InChI is InChI=1S/C23H34FN3O2/c24-19-12-14-21(15-13-19)27-17-16-26(23(27)29)18-22(28)25-20-10-8-6-4-2-1-3-5-7-9-11-20/h12-15,20H,1-11,16-18H2,(H,25,28). The number of anilines is 1. The van der Waals surface area contributed by atoms with Gasteiger partial charge in [-0.05, 0) is 37.1 Å². The van der Waals surface area contributed by atoms with Crippen molar-refractivity contribution in [3.63, 3.8) is 0 Å². The molecule has 1 aliphatic carbocycles. The van der Waals surface area contributed by atoms with Crippen molar-refractivity contribution < 1.29 is 14.0 Å². The number of rotatable bonds is 4. The molecule has 5 nitrogen and oxygen atoms in total. The summed E-state index contributed by atoms with van der Waals surface area (Å²) in [5.41, 5.74) is 0.665. The van der Waals surface area contributed by atoms with Gasteiger partial charge in [-0.15, -0.1) is 0 Å². The van der Waals surface area contributed by atoms with E-state index in [0.717, 1.165) is 25.7 Å². The van der Waals surface area contributed by atoms with Crippen LogP contribution >= 0.6 is 0 Å². The first kappa shape index (κ1) is 21.6. The lowest BCUT2D eigenvalue weighted by Gasteiger charge is -2.22. The van der Waals surface area contributed by atoms with E-state index in [0.29, 0.717) is 18.8 Å². The molecule has 0 aromatic heterocycles. The van der Waals surface area contributed by atoms with Gasteiger partial charge in [-0.1, -0.05) is 57.8 Å². The van der Waals surface area contributed by atoms with E-state index < -0.39 is 0 Å². The Hall–Kier alpha value is -2.11. The summed E-state index contributed by atoms with van der Waals surface area (Å²) in [4.78, 5) is 28.4. The molecule has 0 bridgehead atoms. The van der Waals surface area contributed by atoms with Crippen LogP contribution < -0.4 is 10.2 Å². The highest BCUT2D eigenvalue weighted by molar-refractivity contribution is 5.96. The minimum absolute atomic E-state index is 0.0728. The quantitative estimate of drug-likeness (QED) is 0.781. The van der Waals surface area contributed by atoms with Crippen LogP contribution in [0.2, 0.25) is 0 Å². The largest absolute Gasteiger partial charge is 0.352 e. The number of hydrogen-bond donors (Lipinski definition) is 1. The van der Waals surface area contributed by atoms with Gasteiger partial charge in [0.05, 0.1) is 0 Å². The Morgan fingerprint density at radius 1 is 0.897 bits per heavy atom. The van der Waals surface area contributed by atoms with Crippen LogP contribution in [0.3, 0.4) is 0 Å². The van der Waals surface area contributed by atoms with E-state index in [1.165, 1.54) is 57.1 Å². The predicted molar refractivity (Wildman–Crippen MR) is 113 cm³/mol. The summed E-state index contributed by atoms with van der Waals surface area (Å²) in [5.74, 6) is -0.398. The van der Waals surface area contributed by atoms with Crippen molar-refractivity contribution in [2.24, 2.45) is 0 Å². The van der Waals surface area contributed by atoms with Crippen molar-refractivity contribution in [3.8, 4) is 0 Å². The fourth-order valence-electron chi connectivity index (χ4n) is 4.34. The SMILES string of the molecule is O=C(CN1CCN(c2ccc(F)cc2)C1=O)NC1CCCCCCCCCCC1. The topological polar surface area (TPSA) is 52.7 Å². The molecule has 3 rings (SSSR count). The molecule has 0 radical (unpaired) electrons. The monoisotopic (exact) mass is 403 g/mol. The smallest absolute Gasteiger partial charge is 0.325 e. The van der Waals surface area contributed by atoms with Crippen LogP contribution in [0.15, 0.2) is 24.3 Å². The van der Waals surface area contributed by atoms with E-state index in [2.05, 4.69) is 5.32 Å². The molecule has 1 saturated heterocycles. The number of carbonyl (C=O) groups excluding carboxylic acids is 2. The summed E-state index contributed by atoms with van der Waals surface area (Å²) in [7, 11) is 0. The third kappa shape index (κ3) is 6.72. The number of carbonyl (C=O) groups is 2. The Kier molecular flexibility index (Phi) is 8.32. The summed E-state index contributed by atoms with van der Waals surface area (Å²) in [5, 5.41) is 3.18. The van der Waals surface area contributed by atoms with Gasteiger partial charge in [-0.3, -0.25) is 9.69 Å². The molecule has 160 valence electrons. The maximum atomic E-state index is 13.1. The molecule has 0 spiro atoms. The highest BCUT2D eigenvalue weighted by Crippen LogP contribution is 2.21. The highest BCUT2D eigenvalue weighted by Gasteiger charge is 2.31. The first-order chi connectivity index (χ1) is 14.1. The zero-order chi connectivity index (χ0) is 20.5. The Bertz CT molecular complexity index is 653. The molecule has 6 heteroatoms. The van der Waals surface area contributed by atoms with Crippen LogP contribution in [0.25, 0.3) is 0 Å². The number of halogens is 1. The Balaban J connectivity index is 1.48. The van der Waals surface area contributed by atoms with Gasteiger partial charge in [-0.25, -0.2) is 9.18 Å². The van der Waals surface area contributed by atoms with Crippen molar-refractivity contribution in [1.82, 2.24) is 10.2 Å².